The normalized spacial score (nSPS) is 20.3. The summed E-state index contributed by atoms with van der Waals surface area (Å²) >= 11 is 0. The highest BCUT2D eigenvalue weighted by Gasteiger charge is 2.32. The molecule has 218 valence electrons. The Morgan fingerprint density at radius 2 is 2.00 bits per heavy atom. The lowest BCUT2D eigenvalue weighted by Crippen LogP contribution is -2.36. The van der Waals surface area contributed by atoms with Gasteiger partial charge in [-0.05, 0) is 55.4 Å². The van der Waals surface area contributed by atoms with Crippen molar-refractivity contribution < 1.29 is 22.7 Å². The molecule has 1 amide bonds. The molecule has 5 N–H and O–H groups in total. The van der Waals surface area contributed by atoms with Crippen molar-refractivity contribution in [3.63, 3.8) is 0 Å². The molecule has 4 aromatic rings. The average Bonchev–Trinajstić information content (AvgIpc) is 3.47. The van der Waals surface area contributed by atoms with Gasteiger partial charge >= 0.3 is 6.18 Å². The number of carbonyl (C=O) groups is 1. The number of hydrogen-bond donors (Lipinski definition) is 4. The fourth-order valence-electron chi connectivity index (χ4n) is 5.94. The van der Waals surface area contributed by atoms with Crippen molar-refractivity contribution in [2.45, 2.75) is 50.2 Å². The van der Waals surface area contributed by atoms with Crippen LogP contribution in [0.15, 0.2) is 30.7 Å². The molecule has 0 bridgehead atoms. The number of imidazole rings is 1. The van der Waals surface area contributed by atoms with Gasteiger partial charge in [0.2, 0.25) is 5.95 Å². The van der Waals surface area contributed by atoms with Crippen LogP contribution in [0, 0.1) is 0 Å². The second kappa shape index (κ2) is 11.1. The minimum absolute atomic E-state index is 0.0986. The van der Waals surface area contributed by atoms with E-state index >= 15 is 0 Å². The van der Waals surface area contributed by atoms with Crippen LogP contribution < -0.4 is 21.3 Å². The number of nitrogens with two attached hydrogens (primary N) is 1. The van der Waals surface area contributed by atoms with Crippen LogP contribution in [0.5, 0.6) is 0 Å². The summed E-state index contributed by atoms with van der Waals surface area (Å²) in [7, 11) is 0. The Morgan fingerprint density at radius 3 is 2.80 bits per heavy atom. The lowest BCUT2D eigenvalue weighted by molar-refractivity contribution is -0.123. The summed E-state index contributed by atoms with van der Waals surface area (Å²) in [4.78, 5) is 27.4. The zero-order valence-corrected chi connectivity index (χ0v) is 22.4. The highest BCUT2D eigenvalue weighted by molar-refractivity contribution is 5.99. The van der Waals surface area contributed by atoms with Crippen molar-refractivity contribution in [3.05, 3.63) is 41.9 Å². The van der Waals surface area contributed by atoms with E-state index in [9.17, 15) is 18.0 Å². The highest BCUT2D eigenvalue weighted by atomic mass is 19.4. The Labute approximate surface area is 233 Å². The predicted octanol–water partition coefficient (Wildman–Crippen LogP) is 3.84. The number of aromatic amines is 1. The van der Waals surface area contributed by atoms with Gasteiger partial charge in [0.05, 0.1) is 29.8 Å². The van der Waals surface area contributed by atoms with Crippen LogP contribution in [0.1, 0.15) is 53.9 Å². The Bertz CT molecular complexity index is 1540. The summed E-state index contributed by atoms with van der Waals surface area (Å²) in [5, 5.41) is 9.68. The number of nitrogen functional groups attached to an aromatic ring is 1. The topological polar surface area (TPSA) is 138 Å². The van der Waals surface area contributed by atoms with Gasteiger partial charge in [-0.3, -0.25) is 4.79 Å². The van der Waals surface area contributed by atoms with E-state index in [1.807, 2.05) is 11.4 Å². The zero-order valence-electron chi connectivity index (χ0n) is 22.4. The number of benzene rings is 1. The molecule has 3 aromatic heterocycles. The molecular weight excluding hydrogens is 539 g/mol. The number of nitrogens with one attached hydrogen (secondary N) is 3. The lowest BCUT2D eigenvalue weighted by Gasteiger charge is -2.28. The van der Waals surface area contributed by atoms with Crippen LogP contribution in [-0.2, 0) is 4.74 Å². The summed E-state index contributed by atoms with van der Waals surface area (Å²) in [5.74, 6) is -0.0253. The first kappa shape index (κ1) is 27.1. The Kier molecular flexibility index (Phi) is 7.32. The van der Waals surface area contributed by atoms with E-state index in [0.29, 0.717) is 23.4 Å². The van der Waals surface area contributed by atoms with Gasteiger partial charge in [0.25, 0.3) is 5.91 Å². The van der Waals surface area contributed by atoms with Gasteiger partial charge in [-0.1, -0.05) is 6.42 Å². The quantitative estimate of drug-likeness (QED) is 0.256. The number of rotatable bonds is 6. The predicted molar refractivity (Wildman–Crippen MR) is 148 cm³/mol. The third kappa shape index (κ3) is 5.87. The molecule has 2 fully saturated rings. The fraction of sp³-hybridized carbons (Fsp3) is 0.481. The van der Waals surface area contributed by atoms with Gasteiger partial charge in [0.1, 0.15) is 18.4 Å². The third-order valence-electron chi connectivity index (χ3n) is 7.89. The van der Waals surface area contributed by atoms with E-state index in [1.165, 1.54) is 17.0 Å². The average molecular weight is 572 g/mol. The lowest BCUT2D eigenvalue weighted by atomic mass is 9.89. The Hall–Kier alpha value is -4.07. The van der Waals surface area contributed by atoms with E-state index in [1.54, 1.807) is 0 Å². The number of fused-ring (bicyclic) bond motifs is 2. The number of nitrogens with zero attached hydrogens (tertiary/aromatic N) is 5. The van der Waals surface area contributed by atoms with Crippen LogP contribution in [-0.4, -0.2) is 75.5 Å². The summed E-state index contributed by atoms with van der Waals surface area (Å²) < 4.78 is 45.4. The molecule has 41 heavy (non-hydrogen) atoms. The molecule has 1 aromatic carbocycles. The maximum atomic E-state index is 12.9. The van der Waals surface area contributed by atoms with Crippen LogP contribution in [0.25, 0.3) is 16.6 Å². The van der Waals surface area contributed by atoms with E-state index in [-0.39, 0.29) is 23.3 Å². The molecule has 1 aliphatic heterocycles. The number of hydrogen-bond acceptors (Lipinski definition) is 8. The van der Waals surface area contributed by atoms with Crippen molar-refractivity contribution in [3.8, 4) is 0 Å². The SMILES string of the molecule is Nc1ncnn2cc(C(=O)NCC(F)(F)F)c(C3CCCC(Nc4nc5ccc(N6CCOCC6)cc5[nH]4)CC3)c12. The monoisotopic (exact) mass is 571 g/mol. The first-order chi connectivity index (χ1) is 19.7. The summed E-state index contributed by atoms with van der Waals surface area (Å²) in [5.41, 5.74) is 10.3. The van der Waals surface area contributed by atoms with E-state index in [0.717, 1.165) is 68.7 Å². The Balaban J connectivity index is 1.19. The van der Waals surface area contributed by atoms with Crippen LogP contribution >= 0.6 is 0 Å². The number of ether oxygens (including phenoxy) is 1. The van der Waals surface area contributed by atoms with Gasteiger partial charge in [-0.25, -0.2) is 14.5 Å². The molecule has 2 atom stereocenters. The number of aromatic nitrogens is 5. The number of anilines is 3. The maximum Gasteiger partial charge on any atom is 0.405 e. The molecule has 6 rings (SSSR count). The molecule has 0 spiro atoms. The number of halogens is 3. The van der Waals surface area contributed by atoms with Gasteiger partial charge in [-0.15, -0.1) is 0 Å². The second-order valence-corrected chi connectivity index (χ2v) is 10.6. The molecule has 1 aliphatic carbocycles. The number of carbonyl (C=O) groups excluding carboxylic acids is 1. The van der Waals surface area contributed by atoms with Crippen molar-refractivity contribution in [2.75, 3.05) is 48.8 Å². The molecular formula is C27H32F3N9O2. The van der Waals surface area contributed by atoms with Gasteiger partial charge in [0, 0.05) is 31.0 Å². The standard InChI is InChI=1S/C27H32F3N9O2/c28-27(29,30)14-32-25(40)19-13-39-23(24(31)33-15-34-39)22(19)16-2-1-3-17(5-4-16)35-26-36-20-7-6-18(12-21(20)37-26)38-8-10-41-11-9-38/h6-7,12-13,15-17H,1-5,8-11,14H2,(H,32,40)(H2,31,33,34)(H2,35,36,37). The van der Waals surface area contributed by atoms with Crippen molar-refractivity contribution in [1.82, 2.24) is 29.9 Å². The van der Waals surface area contributed by atoms with Crippen molar-refractivity contribution in [1.29, 1.82) is 0 Å². The number of alkyl halides is 3. The summed E-state index contributed by atoms with van der Waals surface area (Å²) in [6, 6.07) is 6.33. The molecule has 11 nitrogen and oxygen atoms in total. The fourth-order valence-corrected chi connectivity index (χ4v) is 5.94. The van der Waals surface area contributed by atoms with E-state index < -0.39 is 18.6 Å². The van der Waals surface area contributed by atoms with Crippen molar-refractivity contribution >= 4 is 39.9 Å². The van der Waals surface area contributed by atoms with Gasteiger partial charge < -0.3 is 31.0 Å². The number of morpholine rings is 1. The largest absolute Gasteiger partial charge is 0.405 e. The first-order valence-electron chi connectivity index (χ1n) is 13.8. The van der Waals surface area contributed by atoms with E-state index in [2.05, 4.69) is 37.4 Å². The molecule has 2 unspecified atom stereocenters. The van der Waals surface area contributed by atoms with Crippen LogP contribution in [0.3, 0.4) is 0 Å². The molecule has 0 radical (unpaired) electrons. The smallest absolute Gasteiger partial charge is 0.382 e. The maximum absolute atomic E-state index is 12.9. The first-order valence-corrected chi connectivity index (χ1v) is 13.8. The minimum atomic E-state index is -4.52. The van der Waals surface area contributed by atoms with Crippen LogP contribution in [0.4, 0.5) is 30.6 Å². The zero-order chi connectivity index (χ0) is 28.6. The number of amides is 1. The van der Waals surface area contributed by atoms with Gasteiger partial charge in [0.15, 0.2) is 5.82 Å². The third-order valence-corrected chi connectivity index (χ3v) is 7.89. The molecule has 2 aliphatic rings. The van der Waals surface area contributed by atoms with Gasteiger partial charge in [-0.2, -0.15) is 18.3 Å². The minimum Gasteiger partial charge on any atom is -0.382 e. The second-order valence-electron chi connectivity index (χ2n) is 10.6. The number of H-pyrrole nitrogens is 1. The summed E-state index contributed by atoms with van der Waals surface area (Å²) in [6.45, 7) is 1.73. The summed E-state index contributed by atoms with van der Waals surface area (Å²) in [6.07, 6.45) is 2.12. The Morgan fingerprint density at radius 1 is 1.17 bits per heavy atom. The molecule has 1 saturated carbocycles. The molecule has 1 saturated heterocycles. The van der Waals surface area contributed by atoms with E-state index in [4.69, 9.17) is 15.5 Å². The molecule has 4 heterocycles. The van der Waals surface area contributed by atoms with Crippen LogP contribution in [0.2, 0.25) is 0 Å². The highest BCUT2D eigenvalue weighted by Crippen LogP contribution is 2.38. The molecule has 14 heteroatoms. The van der Waals surface area contributed by atoms with Crippen molar-refractivity contribution in [2.24, 2.45) is 0 Å².